The van der Waals surface area contributed by atoms with Gasteiger partial charge in [-0.3, -0.25) is 4.79 Å². The second kappa shape index (κ2) is 10.1. The zero-order valence-corrected chi connectivity index (χ0v) is 20.5. The first-order valence-corrected chi connectivity index (χ1v) is 13.0. The van der Waals surface area contributed by atoms with Crippen LogP contribution in [0.1, 0.15) is 18.5 Å². The smallest absolute Gasteiger partial charge is 0.443 e. The van der Waals surface area contributed by atoms with Crippen LogP contribution < -0.4 is 10.1 Å². The number of furan rings is 1. The number of halogens is 3. The van der Waals surface area contributed by atoms with Gasteiger partial charge < -0.3 is 14.5 Å². The number of sulfonamides is 1. The Morgan fingerprint density at radius 1 is 1.11 bits per heavy atom. The second-order valence-corrected chi connectivity index (χ2v) is 10.4. The number of nitrogens with zero attached hydrogens (tertiary/aromatic N) is 3. The summed E-state index contributed by atoms with van der Waals surface area (Å²) in [7, 11) is -4.04. The van der Waals surface area contributed by atoms with E-state index in [1.165, 1.54) is 36.7 Å². The molecule has 5 rings (SSSR count). The fourth-order valence-corrected chi connectivity index (χ4v) is 5.87. The number of hydrogen-bond acceptors (Lipinski definition) is 7. The molecule has 1 fully saturated rings. The Hall–Kier alpha value is -3.97. The van der Waals surface area contributed by atoms with Crippen LogP contribution in [-0.2, 0) is 21.4 Å². The van der Waals surface area contributed by atoms with Gasteiger partial charge in [-0.2, -0.15) is 4.31 Å². The van der Waals surface area contributed by atoms with E-state index in [0.717, 1.165) is 4.31 Å². The van der Waals surface area contributed by atoms with E-state index in [-0.39, 0.29) is 23.9 Å². The lowest BCUT2D eigenvalue weighted by Gasteiger charge is -2.22. The van der Waals surface area contributed by atoms with Crippen LogP contribution in [0.15, 0.2) is 76.5 Å². The summed E-state index contributed by atoms with van der Waals surface area (Å²) in [5.41, 5.74) is 1.82. The predicted molar refractivity (Wildman–Crippen MR) is 129 cm³/mol. The number of amides is 1. The molecule has 0 radical (unpaired) electrons. The largest absolute Gasteiger partial charge is 0.573 e. The highest BCUT2D eigenvalue weighted by Gasteiger charge is 2.41. The third-order valence-corrected chi connectivity index (χ3v) is 7.79. The molecule has 2 aromatic heterocycles. The summed E-state index contributed by atoms with van der Waals surface area (Å²) in [6.45, 7) is 0.182. The molecule has 38 heavy (non-hydrogen) atoms. The molecule has 1 aliphatic heterocycles. The van der Waals surface area contributed by atoms with E-state index in [1.807, 2.05) is 0 Å². The number of aromatic nitrogens is 2. The molecule has 4 aromatic rings. The van der Waals surface area contributed by atoms with Gasteiger partial charge in [0.2, 0.25) is 11.0 Å². The summed E-state index contributed by atoms with van der Waals surface area (Å²) in [6, 6.07) is 14.2. The Bertz CT molecular complexity index is 1540. The van der Waals surface area contributed by atoms with Gasteiger partial charge in [0.15, 0.2) is 0 Å². The molecule has 9 nitrogen and oxygen atoms in total. The topological polar surface area (TPSA) is 115 Å². The average Bonchev–Trinajstić information content (AvgIpc) is 3.55. The first-order valence-electron chi connectivity index (χ1n) is 11.6. The minimum Gasteiger partial charge on any atom is -0.443 e. The number of fused-ring (bicyclic) bond motifs is 1. The number of alkyl halides is 3. The molecular formula is C25H21F3N4O5S. The van der Waals surface area contributed by atoms with Gasteiger partial charge in [-0.05, 0) is 49.2 Å². The van der Waals surface area contributed by atoms with Gasteiger partial charge in [0.25, 0.3) is 10.0 Å². The summed E-state index contributed by atoms with van der Waals surface area (Å²) in [4.78, 5) is 21.2. The van der Waals surface area contributed by atoms with E-state index < -0.39 is 28.3 Å². The Kier molecular flexibility index (Phi) is 6.80. The van der Waals surface area contributed by atoms with E-state index in [9.17, 15) is 26.4 Å². The molecule has 0 saturated carbocycles. The van der Waals surface area contributed by atoms with Crippen molar-refractivity contribution in [1.29, 1.82) is 0 Å². The van der Waals surface area contributed by atoms with Crippen LogP contribution in [0, 0.1) is 0 Å². The molecule has 0 bridgehead atoms. The molecule has 1 N–H and O–H groups in total. The first kappa shape index (κ1) is 25.7. The van der Waals surface area contributed by atoms with Crippen molar-refractivity contribution in [3.8, 4) is 17.0 Å². The van der Waals surface area contributed by atoms with Gasteiger partial charge in [0, 0.05) is 23.6 Å². The van der Waals surface area contributed by atoms with E-state index >= 15 is 0 Å². The summed E-state index contributed by atoms with van der Waals surface area (Å²) < 4.78 is 74.2. The quantitative estimate of drug-likeness (QED) is 0.368. The number of benzene rings is 2. The van der Waals surface area contributed by atoms with E-state index in [0.29, 0.717) is 40.8 Å². The van der Waals surface area contributed by atoms with E-state index in [4.69, 9.17) is 4.42 Å². The van der Waals surface area contributed by atoms with Crippen LogP contribution in [-0.4, -0.2) is 47.5 Å². The highest BCUT2D eigenvalue weighted by Crippen LogP contribution is 2.30. The molecule has 1 atom stereocenters. The lowest BCUT2D eigenvalue weighted by Crippen LogP contribution is -2.45. The van der Waals surface area contributed by atoms with Crippen molar-refractivity contribution in [2.24, 2.45) is 0 Å². The number of para-hydroxylation sites is 1. The molecule has 0 aliphatic carbocycles. The Morgan fingerprint density at radius 3 is 2.61 bits per heavy atom. The molecule has 0 spiro atoms. The van der Waals surface area contributed by atoms with Gasteiger partial charge >= 0.3 is 6.36 Å². The number of nitrogens with one attached hydrogen (secondary N) is 1. The molecule has 1 unspecified atom stereocenters. The minimum absolute atomic E-state index is 0.00134. The normalized spacial score (nSPS) is 16.6. The summed E-state index contributed by atoms with van der Waals surface area (Å²) in [5.74, 6) is -0.836. The zero-order chi connectivity index (χ0) is 26.9. The average molecular weight is 547 g/mol. The van der Waals surface area contributed by atoms with Gasteiger partial charge in [-0.1, -0.05) is 18.2 Å². The van der Waals surface area contributed by atoms with Gasteiger partial charge in [-0.15, -0.1) is 13.2 Å². The molecule has 1 saturated heterocycles. The summed E-state index contributed by atoms with van der Waals surface area (Å²) in [5, 5.41) is 3.15. The fourth-order valence-electron chi connectivity index (χ4n) is 4.27. The molecule has 1 aliphatic rings. The maximum absolute atomic E-state index is 13.3. The Labute approximate surface area is 215 Å². The summed E-state index contributed by atoms with van der Waals surface area (Å²) >= 11 is 0. The van der Waals surface area contributed by atoms with Crippen LogP contribution in [0.3, 0.4) is 0 Å². The van der Waals surface area contributed by atoms with Crippen LogP contribution in [0.25, 0.3) is 22.2 Å². The highest BCUT2D eigenvalue weighted by molar-refractivity contribution is 7.89. The van der Waals surface area contributed by atoms with Gasteiger partial charge in [0.1, 0.15) is 23.7 Å². The van der Waals surface area contributed by atoms with Crippen molar-refractivity contribution in [1.82, 2.24) is 19.6 Å². The second-order valence-electron chi connectivity index (χ2n) is 8.56. The van der Waals surface area contributed by atoms with Crippen LogP contribution >= 0.6 is 0 Å². The SMILES string of the molecule is O=C(NCc1cc(-c2ccc(OC(F)(F)F)cc2)ncn1)C1CCCN1S(=O)(=O)c1cc2ccccc2o1. The maximum atomic E-state index is 13.3. The number of rotatable bonds is 7. The third-order valence-electron chi connectivity index (χ3n) is 6.02. The molecular weight excluding hydrogens is 525 g/mol. The molecule has 3 heterocycles. The Morgan fingerprint density at radius 2 is 1.87 bits per heavy atom. The molecule has 198 valence electrons. The van der Waals surface area contributed by atoms with Gasteiger partial charge in [-0.25, -0.2) is 18.4 Å². The van der Waals surface area contributed by atoms with Crippen molar-refractivity contribution in [2.45, 2.75) is 36.9 Å². The lowest BCUT2D eigenvalue weighted by molar-refractivity contribution is -0.274. The van der Waals surface area contributed by atoms with Crippen LogP contribution in [0.4, 0.5) is 13.2 Å². The predicted octanol–water partition coefficient (Wildman–Crippen LogP) is 4.26. The van der Waals surface area contributed by atoms with Crippen LogP contribution in [0.2, 0.25) is 0 Å². The minimum atomic E-state index is -4.79. The van der Waals surface area contributed by atoms with Crippen LogP contribution in [0.5, 0.6) is 5.75 Å². The number of ether oxygens (including phenoxy) is 1. The number of carbonyl (C=O) groups is 1. The lowest BCUT2D eigenvalue weighted by atomic mass is 10.1. The molecule has 1 amide bonds. The monoisotopic (exact) mass is 546 g/mol. The number of hydrogen-bond donors (Lipinski definition) is 1. The van der Waals surface area contributed by atoms with E-state index in [2.05, 4.69) is 20.0 Å². The zero-order valence-electron chi connectivity index (χ0n) is 19.7. The van der Waals surface area contributed by atoms with Crippen molar-refractivity contribution >= 4 is 26.9 Å². The van der Waals surface area contributed by atoms with Crippen molar-refractivity contribution < 1.29 is 35.5 Å². The third kappa shape index (κ3) is 5.48. The fraction of sp³-hybridized carbons (Fsp3) is 0.240. The van der Waals surface area contributed by atoms with Crippen molar-refractivity contribution in [3.63, 3.8) is 0 Å². The highest BCUT2D eigenvalue weighted by atomic mass is 32.2. The maximum Gasteiger partial charge on any atom is 0.573 e. The standard InChI is InChI=1S/C25H21F3N4O5S/c26-25(27,28)37-19-9-7-16(8-10-19)20-13-18(30-15-31-20)14-29-24(33)21-5-3-11-32(21)38(34,35)23-12-17-4-1-2-6-22(17)36-23/h1-2,4,6-10,12-13,15,21H,3,5,11,14H2,(H,29,33). The van der Waals surface area contributed by atoms with E-state index in [1.54, 1.807) is 30.3 Å². The molecule has 13 heteroatoms. The Balaban J connectivity index is 1.26. The van der Waals surface area contributed by atoms with Crippen molar-refractivity contribution in [3.05, 3.63) is 72.7 Å². The summed E-state index contributed by atoms with van der Waals surface area (Å²) in [6.07, 6.45) is -2.65. The van der Waals surface area contributed by atoms with Crippen molar-refractivity contribution in [2.75, 3.05) is 6.54 Å². The number of carbonyl (C=O) groups excluding carboxylic acids is 1. The molecule has 2 aromatic carbocycles. The first-order chi connectivity index (χ1) is 18.1. The van der Waals surface area contributed by atoms with Gasteiger partial charge in [0.05, 0.1) is 17.9 Å².